The fraction of sp³-hybridized carbons (Fsp3) is 0.529. The average Bonchev–Trinajstić information content (AvgIpc) is 3.09. The molecule has 1 unspecified atom stereocenters. The first-order chi connectivity index (χ1) is 11.6. The number of benzene rings is 1. The number of hydrogen-bond acceptors (Lipinski definition) is 5. The molecule has 0 aliphatic carbocycles. The second kappa shape index (κ2) is 9.53. The summed E-state index contributed by atoms with van der Waals surface area (Å²) >= 11 is 8.94. The van der Waals surface area contributed by atoms with E-state index in [-0.39, 0.29) is 6.10 Å². The average molecular weight is 384 g/mol. The Hall–Kier alpha value is -0.920. The molecule has 1 heterocycles. The van der Waals surface area contributed by atoms with Crippen LogP contribution >= 0.6 is 35.7 Å². The number of rotatable bonds is 7. The van der Waals surface area contributed by atoms with Crippen LogP contribution < -0.4 is 5.32 Å². The van der Waals surface area contributed by atoms with Gasteiger partial charge in [0.1, 0.15) is 6.10 Å². The quantitative estimate of drug-likeness (QED) is 0.569. The summed E-state index contributed by atoms with van der Waals surface area (Å²) in [7, 11) is 0. The molecule has 1 aliphatic rings. The summed E-state index contributed by atoms with van der Waals surface area (Å²) in [6.45, 7) is 6.71. The Balaban J connectivity index is 1.92. The topological polar surface area (TPSA) is 36.9 Å². The lowest BCUT2D eigenvalue weighted by Gasteiger charge is -2.23. The van der Waals surface area contributed by atoms with Crippen LogP contribution in [0.2, 0.25) is 0 Å². The van der Waals surface area contributed by atoms with Crippen molar-refractivity contribution in [3.05, 3.63) is 23.8 Å². The molecule has 4 nitrogen and oxygen atoms in total. The van der Waals surface area contributed by atoms with Gasteiger partial charge in [0, 0.05) is 34.9 Å². The first-order valence-corrected chi connectivity index (χ1v) is 11.0. The first-order valence-electron chi connectivity index (χ1n) is 8.10. The van der Waals surface area contributed by atoms with Crippen LogP contribution in [0.3, 0.4) is 0 Å². The van der Waals surface area contributed by atoms with E-state index < -0.39 is 0 Å². The molecule has 0 amide bonds. The van der Waals surface area contributed by atoms with Gasteiger partial charge < -0.3 is 15.1 Å². The van der Waals surface area contributed by atoms with Crippen LogP contribution in [0.15, 0.2) is 33.1 Å². The fourth-order valence-corrected chi connectivity index (χ4v) is 4.37. The van der Waals surface area contributed by atoms with Crippen molar-refractivity contribution in [3.63, 3.8) is 0 Å². The van der Waals surface area contributed by atoms with Gasteiger partial charge >= 0.3 is 0 Å². The Morgan fingerprint density at radius 2 is 2.00 bits per heavy atom. The summed E-state index contributed by atoms with van der Waals surface area (Å²) in [6.07, 6.45) is 5.05. The molecule has 1 atom stereocenters. The van der Waals surface area contributed by atoms with E-state index in [1.807, 2.05) is 0 Å². The summed E-state index contributed by atoms with van der Waals surface area (Å²) in [5.74, 6) is 0. The Kier molecular flexibility index (Phi) is 7.71. The van der Waals surface area contributed by atoms with E-state index in [0.717, 1.165) is 35.9 Å². The maximum Gasteiger partial charge on any atom is 0.169 e. The summed E-state index contributed by atoms with van der Waals surface area (Å²) in [5.41, 5.74) is 2.16. The largest absolute Gasteiger partial charge is 0.390 e. The van der Waals surface area contributed by atoms with Crippen molar-refractivity contribution in [1.82, 2.24) is 10.2 Å². The normalized spacial score (nSPS) is 16.5. The van der Waals surface area contributed by atoms with E-state index >= 15 is 0 Å². The molecule has 132 valence electrons. The zero-order chi connectivity index (χ0) is 17.5. The van der Waals surface area contributed by atoms with Crippen LogP contribution in [0.5, 0.6) is 0 Å². The molecule has 0 aromatic heterocycles. The lowest BCUT2D eigenvalue weighted by molar-refractivity contribution is 0.0881. The molecule has 24 heavy (non-hydrogen) atoms. The van der Waals surface area contributed by atoms with Crippen molar-refractivity contribution < 1.29 is 4.84 Å². The molecule has 0 saturated heterocycles. The first kappa shape index (κ1) is 19.4. The SMILES string of the molecule is CCN(CC)C(=S)NCC1CC(c2ccc(SC)c(SC)c2)=NO1. The lowest BCUT2D eigenvalue weighted by atomic mass is 10.1. The fourth-order valence-electron chi connectivity index (χ4n) is 2.55. The molecular formula is C17H25N3OS3. The summed E-state index contributed by atoms with van der Waals surface area (Å²) in [6, 6.07) is 6.49. The molecule has 1 aromatic carbocycles. The Bertz CT molecular complexity index is 603. The van der Waals surface area contributed by atoms with Crippen LogP contribution in [0.1, 0.15) is 25.8 Å². The predicted molar refractivity (Wildman–Crippen MR) is 110 cm³/mol. The molecule has 2 rings (SSSR count). The van der Waals surface area contributed by atoms with Crippen LogP contribution in [0, 0.1) is 0 Å². The van der Waals surface area contributed by atoms with Crippen molar-refractivity contribution in [2.24, 2.45) is 5.16 Å². The zero-order valence-electron chi connectivity index (χ0n) is 14.7. The number of nitrogens with one attached hydrogen (secondary N) is 1. The van der Waals surface area contributed by atoms with Crippen LogP contribution in [0.25, 0.3) is 0 Å². The second-order valence-electron chi connectivity index (χ2n) is 5.40. The van der Waals surface area contributed by atoms with Gasteiger partial charge in [-0.15, -0.1) is 23.5 Å². The lowest BCUT2D eigenvalue weighted by Crippen LogP contribution is -2.42. The summed E-state index contributed by atoms with van der Waals surface area (Å²) < 4.78 is 0. The van der Waals surface area contributed by atoms with Gasteiger partial charge in [0.05, 0.1) is 12.3 Å². The molecule has 1 N–H and O–H groups in total. The molecule has 0 fully saturated rings. The molecule has 1 aliphatic heterocycles. The van der Waals surface area contributed by atoms with Gasteiger partial charge in [-0.25, -0.2) is 0 Å². The Morgan fingerprint density at radius 3 is 2.62 bits per heavy atom. The highest BCUT2D eigenvalue weighted by Gasteiger charge is 2.23. The van der Waals surface area contributed by atoms with Gasteiger partial charge in [-0.05, 0) is 50.7 Å². The van der Waals surface area contributed by atoms with Crippen molar-refractivity contribution in [2.45, 2.75) is 36.2 Å². The minimum atomic E-state index is 0.0338. The minimum absolute atomic E-state index is 0.0338. The van der Waals surface area contributed by atoms with Crippen molar-refractivity contribution in [3.8, 4) is 0 Å². The summed E-state index contributed by atoms with van der Waals surface area (Å²) in [4.78, 5) is 10.3. The highest BCUT2D eigenvalue weighted by Crippen LogP contribution is 2.30. The molecule has 7 heteroatoms. The third-order valence-electron chi connectivity index (χ3n) is 3.98. The smallest absolute Gasteiger partial charge is 0.169 e. The molecule has 0 spiro atoms. The van der Waals surface area contributed by atoms with Crippen molar-refractivity contribution >= 4 is 46.6 Å². The third kappa shape index (κ3) is 4.80. The predicted octanol–water partition coefficient (Wildman–Crippen LogP) is 3.84. The summed E-state index contributed by atoms with van der Waals surface area (Å²) in [5, 5.41) is 8.36. The molecule has 0 saturated carbocycles. The van der Waals surface area contributed by atoms with Crippen LogP contribution in [0.4, 0.5) is 0 Å². The maximum atomic E-state index is 5.58. The molecule has 0 radical (unpaired) electrons. The van der Waals surface area contributed by atoms with Crippen molar-refractivity contribution in [1.29, 1.82) is 0 Å². The number of hydrogen-bond donors (Lipinski definition) is 1. The minimum Gasteiger partial charge on any atom is -0.390 e. The van der Waals surface area contributed by atoms with Gasteiger partial charge in [0.25, 0.3) is 0 Å². The monoisotopic (exact) mass is 383 g/mol. The Labute approximate surface area is 158 Å². The van der Waals surface area contributed by atoms with E-state index in [4.69, 9.17) is 17.1 Å². The molecular weight excluding hydrogens is 358 g/mol. The van der Waals surface area contributed by atoms with E-state index in [2.05, 4.69) is 59.9 Å². The number of oxime groups is 1. The molecule has 0 bridgehead atoms. The van der Waals surface area contributed by atoms with Gasteiger partial charge in [-0.3, -0.25) is 0 Å². The van der Waals surface area contributed by atoms with E-state index in [1.54, 1.807) is 23.5 Å². The highest BCUT2D eigenvalue weighted by molar-refractivity contribution is 8.01. The number of nitrogens with zero attached hydrogens (tertiary/aromatic N) is 2. The van der Waals surface area contributed by atoms with E-state index in [0.29, 0.717) is 6.54 Å². The number of thioether (sulfide) groups is 2. The van der Waals surface area contributed by atoms with Gasteiger partial charge in [0.2, 0.25) is 0 Å². The Morgan fingerprint density at radius 1 is 1.29 bits per heavy atom. The second-order valence-corrected chi connectivity index (χ2v) is 7.48. The standard InChI is InChI=1S/C17H25N3OS3/c1-5-20(6-2)17(22)18-11-13-10-14(19-21-13)12-7-8-15(23-3)16(9-12)24-4/h7-9,13H,5-6,10-11H2,1-4H3,(H,18,22). The molecule has 1 aromatic rings. The van der Waals surface area contributed by atoms with Crippen LogP contribution in [-0.2, 0) is 4.84 Å². The van der Waals surface area contributed by atoms with Crippen molar-refractivity contribution in [2.75, 3.05) is 32.1 Å². The third-order valence-corrected chi connectivity index (χ3v) is 6.09. The van der Waals surface area contributed by atoms with Crippen LogP contribution in [-0.4, -0.2) is 54.0 Å². The van der Waals surface area contributed by atoms with Gasteiger partial charge in [-0.2, -0.15) is 0 Å². The van der Waals surface area contributed by atoms with E-state index in [9.17, 15) is 0 Å². The zero-order valence-corrected chi connectivity index (χ0v) is 17.1. The maximum absolute atomic E-state index is 5.58. The van der Waals surface area contributed by atoms with Gasteiger partial charge in [0.15, 0.2) is 5.11 Å². The van der Waals surface area contributed by atoms with E-state index in [1.165, 1.54) is 9.79 Å². The number of thiocarbonyl (C=S) groups is 1. The highest BCUT2D eigenvalue weighted by atomic mass is 32.2. The van der Waals surface area contributed by atoms with Gasteiger partial charge in [-0.1, -0.05) is 11.2 Å².